The molecular weight excluding hydrogens is 262 g/mol. The zero-order valence-corrected chi connectivity index (χ0v) is 12.4. The summed E-state index contributed by atoms with van der Waals surface area (Å²) in [6, 6.07) is 4.28. The number of hydrogen-bond acceptors (Lipinski definition) is 2. The van der Waals surface area contributed by atoms with Crippen LogP contribution >= 0.6 is 0 Å². The van der Waals surface area contributed by atoms with Crippen molar-refractivity contribution in [2.45, 2.75) is 32.1 Å². The number of nitrogens with one attached hydrogen (secondary N) is 1. The fourth-order valence-electron chi connectivity index (χ4n) is 3.74. The van der Waals surface area contributed by atoms with E-state index < -0.39 is 0 Å². The molecule has 4 rings (SSSR count). The Labute approximate surface area is 125 Å². The number of benzene rings is 1. The van der Waals surface area contributed by atoms with Crippen LogP contribution in [-0.4, -0.2) is 19.6 Å². The molecule has 1 aromatic carbocycles. The van der Waals surface area contributed by atoms with Crippen LogP contribution in [0.2, 0.25) is 0 Å². The molecule has 1 unspecified atom stereocenters. The number of hydrogen-bond donors (Lipinski definition) is 1. The van der Waals surface area contributed by atoms with E-state index in [9.17, 15) is 4.79 Å². The molecular formula is C18H21NO2. The minimum Gasteiger partial charge on any atom is -0.496 e. The highest BCUT2D eigenvalue weighted by atomic mass is 16.5. The first-order valence-corrected chi connectivity index (χ1v) is 7.95. The summed E-state index contributed by atoms with van der Waals surface area (Å²) in [5.41, 5.74) is 5.62. The summed E-state index contributed by atoms with van der Waals surface area (Å²) < 4.78 is 5.52. The average Bonchev–Trinajstić information content (AvgIpc) is 3.28. The molecule has 21 heavy (non-hydrogen) atoms. The van der Waals surface area contributed by atoms with Crippen molar-refractivity contribution >= 4 is 11.5 Å². The second-order valence-electron chi connectivity index (χ2n) is 6.40. The first-order valence-electron chi connectivity index (χ1n) is 7.95. The van der Waals surface area contributed by atoms with Gasteiger partial charge in [-0.05, 0) is 54.9 Å². The maximum absolute atomic E-state index is 11.9. The molecule has 0 aromatic heterocycles. The van der Waals surface area contributed by atoms with Gasteiger partial charge in [0.15, 0.2) is 0 Å². The van der Waals surface area contributed by atoms with E-state index in [-0.39, 0.29) is 5.91 Å². The van der Waals surface area contributed by atoms with E-state index in [1.54, 1.807) is 7.11 Å². The van der Waals surface area contributed by atoms with Gasteiger partial charge in [0, 0.05) is 23.9 Å². The Bertz CT molecular complexity index is 628. The summed E-state index contributed by atoms with van der Waals surface area (Å²) >= 11 is 0. The number of allylic oxidation sites excluding steroid dienone is 1. The number of rotatable bonds is 4. The first-order chi connectivity index (χ1) is 10.3. The van der Waals surface area contributed by atoms with Crippen molar-refractivity contribution in [1.29, 1.82) is 0 Å². The van der Waals surface area contributed by atoms with Crippen LogP contribution in [-0.2, 0) is 17.6 Å². The zero-order chi connectivity index (χ0) is 14.4. The topological polar surface area (TPSA) is 38.3 Å². The molecule has 1 saturated carbocycles. The lowest BCUT2D eigenvalue weighted by Gasteiger charge is -2.28. The van der Waals surface area contributed by atoms with Crippen LogP contribution in [0, 0.1) is 11.8 Å². The molecule has 0 heterocycles. The van der Waals surface area contributed by atoms with Crippen molar-refractivity contribution in [1.82, 2.24) is 5.32 Å². The van der Waals surface area contributed by atoms with Crippen molar-refractivity contribution in [3.05, 3.63) is 34.9 Å². The second-order valence-corrected chi connectivity index (χ2v) is 6.40. The molecule has 0 aliphatic heterocycles. The van der Waals surface area contributed by atoms with Gasteiger partial charge in [0.05, 0.1) is 7.11 Å². The summed E-state index contributed by atoms with van der Waals surface area (Å²) in [7, 11) is 1.75. The van der Waals surface area contributed by atoms with Crippen LogP contribution in [0.5, 0.6) is 5.75 Å². The van der Waals surface area contributed by atoms with Crippen molar-refractivity contribution in [3.63, 3.8) is 0 Å². The van der Waals surface area contributed by atoms with Gasteiger partial charge in [-0.3, -0.25) is 4.79 Å². The van der Waals surface area contributed by atoms with Gasteiger partial charge < -0.3 is 10.1 Å². The molecule has 1 atom stereocenters. The fraction of sp³-hybridized carbons (Fsp3) is 0.500. The highest BCUT2D eigenvalue weighted by Crippen LogP contribution is 2.44. The first kappa shape index (κ1) is 12.9. The Morgan fingerprint density at radius 3 is 2.95 bits per heavy atom. The summed E-state index contributed by atoms with van der Waals surface area (Å²) in [5, 5.41) is 3.15. The summed E-state index contributed by atoms with van der Waals surface area (Å²) in [6.45, 7) is 0.789. The average molecular weight is 283 g/mol. The third-order valence-corrected chi connectivity index (χ3v) is 5.06. The van der Waals surface area contributed by atoms with E-state index in [0.29, 0.717) is 11.8 Å². The largest absolute Gasteiger partial charge is 0.496 e. The number of methoxy groups -OCH3 is 1. The predicted octanol–water partition coefficient (Wildman–Crippen LogP) is 2.72. The maximum atomic E-state index is 11.9. The summed E-state index contributed by atoms with van der Waals surface area (Å²) in [4.78, 5) is 11.9. The molecule has 1 fully saturated rings. The number of carbonyl (C=O) groups is 1. The molecule has 3 aliphatic carbocycles. The highest BCUT2D eigenvalue weighted by Gasteiger charge is 2.33. The van der Waals surface area contributed by atoms with E-state index >= 15 is 0 Å². The lowest BCUT2D eigenvalue weighted by atomic mass is 9.79. The van der Waals surface area contributed by atoms with Crippen LogP contribution in [0.25, 0.3) is 5.57 Å². The predicted molar refractivity (Wildman–Crippen MR) is 82.2 cm³/mol. The van der Waals surface area contributed by atoms with E-state index in [4.69, 9.17) is 4.74 Å². The summed E-state index contributed by atoms with van der Waals surface area (Å²) in [6.07, 6.45) is 7.67. The standard InChI is InChI=1S/C18H21NO2/c1-21-16-9-6-11-4-7-14-13(5-8-15(16)17(11)14)10-19-18(20)12-2-3-12/h6-7,9,12-13H,2-5,8,10H2,1H3,(H,19,20). The van der Waals surface area contributed by atoms with Crippen molar-refractivity contribution < 1.29 is 9.53 Å². The van der Waals surface area contributed by atoms with Gasteiger partial charge in [-0.2, -0.15) is 0 Å². The summed E-state index contributed by atoms with van der Waals surface area (Å²) in [5.74, 6) is 2.04. The van der Waals surface area contributed by atoms with Crippen molar-refractivity contribution in [2.75, 3.05) is 13.7 Å². The van der Waals surface area contributed by atoms with Crippen molar-refractivity contribution in [2.24, 2.45) is 11.8 Å². The lowest BCUT2D eigenvalue weighted by molar-refractivity contribution is -0.122. The third-order valence-electron chi connectivity index (χ3n) is 5.06. The van der Waals surface area contributed by atoms with Gasteiger partial charge in [0.2, 0.25) is 5.91 Å². The molecule has 1 amide bonds. The molecule has 0 spiro atoms. The van der Waals surface area contributed by atoms with Gasteiger partial charge in [0.25, 0.3) is 0 Å². The van der Waals surface area contributed by atoms with Gasteiger partial charge in [-0.15, -0.1) is 0 Å². The number of amides is 1. The van der Waals surface area contributed by atoms with E-state index in [0.717, 1.165) is 44.4 Å². The van der Waals surface area contributed by atoms with Crippen LogP contribution in [0.1, 0.15) is 36.0 Å². The molecule has 110 valence electrons. The van der Waals surface area contributed by atoms with Crippen LogP contribution in [0.3, 0.4) is 0 Å². The second kappa shape index (κ2) is 4.90. The quantitative estimate of drug-likeness (QED) is 0.922. The zero-order valence-electron chi connectivity index (χ0n) is 12.4. The van der Waals surface area contributed by atoms with E-state index in [1.165, 1.54) is 22.3 Å². The van der Waals surface area contributed by atoms with Crippen LogP contribution in [0.4, 0.5) is 0 Å². The highest BCUT2D eigenvalue weighted by molar-refractivity contribution is 5.82. The number of ether oxygens (including phenoxy) is 1. The van der Waals surface area contributed by atoms with Gasteiger partial charge in [-0.1, -0.05) is 12.1 Å². The van der Waals surface area contributed by atoms with Gasteiger partial charge >= 0.3 is 0 Å². The fourth-order valence-corrected chi connectivity index (χ4v) is 3.74. The Hall–Kier alpha value is -1.77. The van der Waals surface area contributed by atoms with Crippen LogP contribution in [0.15, 0.2) is 18.2 Å². The molecule has 3 nitrogen and oxygen atoms in total. The normalized spacial score (nSPS) is 22.5. The maximum Gasteiger partial charge on any atom is 0.223 e. The Kier molecular flexibility index (Phi) is 3.02. The Balaban J connectivity index is 1.56. The Morgan fingerprint density at radius 2 is 2.19 bits per heavy atom. The Morgan fingerprint density at radius 1 is 1.33 bits per heavy atom. The lowest BCUT2D eigenvalue weighted by Crippen LogP contribution is -2.32. The molecule has 3 heteroatoms. The minimum atomic E-state index is 0.255. The van der Waals surface area contributed by atoms with Gasteiger partial charge in [-0.25, -0.2) is 0 Å². The smallest absolute Gasteiger partial charge is 0.223 e. The monoisotopic (exact) mass is 283 g/mol. The molecule has 0 radical (unpaired) electrons. The van der Waals surface area contributed by atoms with Crippen molar-refractivity contribution in [3.8, 4) is 5.75 Å². The van der Waals surface area contributed by atoms with Crippen LogP contribution < -0.4 is 10.1 Å². The molecule has 3 aliphatic rings. The van der Waals surface area contributed by atoms with E-state index in [2.05, 4.69) is 23.5 Å². The molecule has 0 saturated heterocycles. The SMILES string of the molecule is COc1ccc2c3c1CCC(CNC(=O)C1CC1)C3=CC2. The minimum absolute atomic E-state index is 0.255. The number of carbonyl (C=O) groups excluding carboxylic acids is 1. The molecule has 1 N–H and O–H groups in total. The van der Waals surface area contributed by atoms with E-state index in [1.807, 2.05) is 0 Å². The van der Waals surface area contributed by atoms with Gasteiger partial charge in [0.1, 0.15) is 5.75 Å². The molecule has 1 aromatic rings. The molecule has 0 bridgehead atoms. The third kappa shape index (κ3) is 2.15.